The highest BCUT2D eigenvalue weighted by molar-refractivity contribution is 5.89. The summed E-state index contributed by atoms with van der Waals surface area (Å²) < 4.78 is 5.32. The van der Waals surface area contributed by atoms with Crippen molar-refractivity contribution < 1.29 is 19.1 Å². The fraction of sp³-hybridized carbons (Fsp3) is 0.480. The number of nitrogens with one attached hydrogen (secondary N) is 1. The van der Waals surface area contributed by atoms with Crippen molar-refractivity contribution in [1.82, 2.24) is 25.1 Å². The Morgan fingerprint density at radius 1 is 0.919 bits per heavy atom. The normalized spacial score (nSPS) is 20.2. The average Bonchev–Trinajstić information content (AvgIpc) is 3.32. The van der Waals surface area contributed by atoms with Crippen LogP contribution in [0.5, 0.6) is 0 Å². The lowest BCUT2D eigenvalue weighted by Gasteiger charge is -2.41. The molecule has 0 saturated carbocycles. The van der Waals surface area contributed by atoms with Crippen LogP contribution in [0.2, 0.25) is 0 Å². The van der Waals surface area contributed by atoms with E-state index < -0.39 is 6.09 Å². The van der Waals surface area contributed by atoms with Crippen LogP contribution in [0.1, 0.15) is 6.92 Å². The van der Waals surface area contributed by atoms with Crippen LogP contribution in [-0.4, -0.2) is 109 Å². The van der Waals surface area contributed by atoms with Crippen molar-refractivity contribution in [2.75, 3.05) is 80.1 Å². The number of pyridine rings is 2. The monoisotopic (exact) mass is 508 g/mol. The lowest BCUT2D eigenvalue weighted by atomic mass is 10.2. The number of aromatic nitrogens is 2. The van der Waals surface area contributed by atoms with Crippen molar-refractivity contribution in [2.24, 2.45) is 0 Å². The molecule has 0 bridgehead atoms. The first-order valence-corrected chi connectivity index (χ1v) is 12.6. The van der Waals surface area contributed by atoms with E-state index in [0.29, 0.717) is 51.5 Å². The van der Waals surface area contributed by atoms with Gasteiger partial charge >= 0.3 is 12.1 Å². The van der Waals surface area contributed by atoms with E-state index in [0.717, 1.165) is 24.7 Å². The first-order valence-electron chi connectivity index (χ1n) is 12.6. The fourth-order valence-electron chi connectivity index (χ4n) is 4.82. The zero-order valence-electron chi connectivity index (χ0n) is 21.0. The molecule has 37 heavy (non-hydrogen) atoms. The van der Waals surface area contributed by atoms with E-state index in [-0.39, 0.29) is 24.6 Å². The van der Waals surface area contributed by atoms with Crippen LogP contribution in [0.3, 0.4) is 0 Å². The lowest BCUT2D eigenvalue weighted by molar-refractivity contribution is -0.119. The number of rotatable bonds is 5. The number of carbonyl (C=O) groups is 3. The van der Waals surface area contributed by atoms with Gasteiger partial charge in [-0.2, -0.15) is 0 Å². The number of urea groups is 1. The topological polar surface area (TPSA) is 114 Å². The van der Waals surface area contributed by atoms with E-state index in [9.17, 15) is 14.4 Å². The predicted octanol–water partition coefficient (Wildman–Crippen LogP) is 1.00. The van der Waals surface area contributed by atoms with Crippen LogP contribution in [0.4, 0.5) is 26.9 Å². The second-order valence-electron chi connectivity index (χ2n) is 9.35. The molecule has 1 N–H and O–H groups in total. The van der Waals surface area contributed by atoms with E-state index >= 15 is 0 Å². The molecule has 2 aromatic heterocycles. The summed E-state index contributed by atoms with van der Waals surface area (Å²) in [6.45, 7) is 7.63. The number of amides is 4. The minimum absolute atomic E-state index is 0.0880. The Balaban J connectivity index is 1.09. The molecule has 12 nitrogen and oxygen atoms in total. The third-order valence-electron chi connectivity index (χ3n) is 6.89. The summed E-state index contributed by atoms with van der Waals surface area (Å²) in [5, 5.41) is 2.67. The number of hydrogen-bond acceptors (Lipinski definition) is 8. The van der Waals surface area contributed by atoms with Gasteiger partial charge in [0.15, 0.2) is 0 Å². The Bertz CT molecular complexity index is 1100. The molecule has 4 amide bonds. The molecule has 196 valence electrons. The summed E-state index contributed by atoms with van der Waals surface area (Å²) in [4.78, 5) is 55.1. The second kappa shape index (κ2) is 10.9. The number of ether oxygens (including phenoxy) is 1. The van der Waals surface area contributed by atoms with E-state index in [1.54, 1.807) is 12.4 Å². The molecule has 1 atom stereocenters. The molecule has 0 spiro atoms. The molecular formula is C25H32N8O4. The van der Waals surface area contributed by atoms with E-state index in [1.165, 1.54) is 11.8 Å². The summed E-state index contributed by atoms with van der Waals surface area (Å²) in [5.74, 6) is 1.60. The van der Waals surface area contributed by atoms with Gasteiger partial charge in [-0.05, 0) is 24.3 Å². The summed E-state index contributed by atoms with van der Waals surface area (Å²) >= 11 is 0. The van der Waals surface area contributed by atoms with Crippen LogP contribution in [0.25, 0.3) is 0 Å². The van der Waals surface area contributed by atoms with E-state index in [4.69, 9.17) is 4.74 Å². The average molecular weight is 509 g/mol. The number of nitrogens with zero attached hydrogens (tertiary/aromatic N) is 7. The number of piperazine rings is 2. The number of carbonyl (C=O) groups excluding carboxylic acids is 3. The smallest absolute Gasteiger partial charge is 0.414 e. The van der Waals surface area contributed by atoms with Crippen LogP contribution >= 0.6 is 0 Å². The zero-order chi connectivity index (χ0) is 25.8. The van der Waals surface area contributed by atoms with Gasteiger partial charge in [-0.1, -0.05) is 6.07 Å². The maximum absolute atomic E-state index is 13.1. The predicted molar refractivity (Wildman–Crippen MR) is 138 cm³/mol. The van der Waals surface area contributed by atoms with Gasteiger partial charge in [-0.15, -0.1) is 0 Å². The maximum Gasteiger partial charge on any atom is 0.414 e. The standard InChI is InChI=1S/C25H32N8O4/c1-19(34)27-17-21-18-33(25(36)37-21)20-5-6-23(28-16-20)30-10-14-32(15-11-30)24(35)31-12-8-29(9-13-31)22-4-2-3-7-26-22/h2-7,16,21H,8-15,17-18H2,1H3,(H,27,34). The van der Waals surface area contributed by atoms with Gasteiger partial charge in [0, 0.05) is 65.5 Å². The summed E-state index contributed by atoms with van der Waals surface area (Å²) in [5.41, 5.74) is 0.651. The molecule has 1 unspecified atom stereocenters. The molecule has 5 heterocycles. The van der Waals surface area contributed by atoms with Crippen molar-refractivity contribution in [3.63, 3.8) is 0 Å². The SMILES string of the molecule is CC(=O)NCC1CN(c2ccc(N3CCN(C(=O)N4CCN(c5ccccn5)CC4)CC3)nc2)C(=O)O1. The van der Waals surface area contributed by atoms with Crippen LogP contribution in [0, 0.1) is 0 Å². The molecule has 0 radical (unpaired) electrons. The molecule has 0 aromatic carbocycles. The highest BCUT2D eigenvalue weighted by Gasteiger charge is 2.33. The van der Waals surface area contributed by atoms with Crippen molar-refractivity contribution in [3.05, 3.63) is 42.7 Å². The highest BCUT2D eigenvalue weighted by atomic mass is 16.6. The molecule has 12 heteroatoms. The Labute approximate surface area is 215 Å². The van der Waals surface area contributed by atoms with Gasteiger partial charge in [-0.25, -0.2) is 19.6 Å². The van der Waals surface area contributed by atoms with Crippen LogP contribution in [-0.2, 0) is 9.53 Å². The summed E-state index contributed by atoms with van der Waals surface area (Å²) in [6, 6.07) is 9.71. The Kier molecular flexibility index (Phi) is 7.24. The van der Waals surface area contributed by atoms with Gasteiger partial charge in [0.25, 0.3) is 0 Å². The second-order valence-corrected chi connectivity index (χ2v) is 9.35. The minimum atomic E-state index is -0.446. The van der Waals surface area contributed by atoms with E-state index in [1.807, 2.05) is 40.1 Å². The third-order valence-corrected chi connectivity index (χ3v) is 6.89. The van der Waals surface area contributed by atoms with Gasteiger partial charge < -0.3 is 29.7 Å². The number of hydrogen-bond donors (Lipinski definition) is 1. The van der Waals surface area contributed by atoms with Crippen molar-refractivity contribution in [1.29, 1.82) is 0 Å². The van der Waals surface area contributed by atoms with Crippen molar-refractivity contribution in [2.45, 2.75) is 13.0 Å². The van der Waals surface area contributed by atoms with E-state index in [2.05, 4.69) is 25.1 Å². The number of anilines is 3. The highest BCUT2D eigenvalue weighted by Crippen LogP contribution is 2.24. The largest absolute Gasteiger partial charge is 0.442 e. The third kappa shape index (κ3) is 5.68. The summed E-state index contributed by atoms with van der Waals surface area (Å²) in [6.07, 6.45) is 2.62. The van der Waals surface area contributed by atoms with Crippen molar-refractivity contribution in [3.8, 4) is 0 Å². The molecule has 5 rings (SSSR count). The molecule has 3 aliphatic rings. The van der Waals surface area contributed by atoms with Crippen molar-refractivity contribution >= 4 is 35.4 Å². The minimum Gasteiger partial charge on any atom is -0.442 e. The van der Waals surface area contributed by atoms with Gasteiger partial charge in [-0.3, -0.25) is 9.69 Å². The van der Waals surface area contributed by atoms with Crippen LogP contribution < -0.4 is 20.0 Å². The van der Waals surface area contributed by atoms with Gasteiger partial charge in [0.05, 0.1) is 25.0 Å². The molecule has 0 aliphatic carbocycles. The van der Waals surface area contributed by atoms with Gasteiger partial charge in [0.1, 0.15) is 17.7 Å². The summed E-state index contributed by atoms with van der Waals surface area (Å²) in [7, 11) is 0. The first-order chi connectivity index (χ1) is 18.0. The first kappa shape index (κ1) is 24.6. The number of cyclic esters (lactones) is 1. The fourth-order valence-corrected chi connectivity index (χ4v) is 4.82. The maximum atomic E-state index is 13.1. The lowest BCUT2D eigenvalue weighted by Crippen LogP contribution is -2.57. The quantitative estimate of drug-likeness (QED) is 0.636. The molecular weight excluding hydrogens is 476 g/mol. The molecule has 3 aliphatic heterocycles. The molecule has 2 aromatic rings. The Morgan fingerprint density at radius 2 is 1.57 bits per heavy atom. The van der Waals surface area contributed by atoms with Crippen LogP contribution in [0.15, 0.2) is 42.7 Å². The Morgan fingerprint density at radius 3 is 2.11 bits per heavy atom. The Hall–Kier alpha value is -4.09. The zero-order valence-corrected chi connectivity index (χ0v) is 21.0. The van der Waals surface area contributed by atoms with Gasteiger partial charge in [0.2, 0.25) is 5.91 Å². The molecule has 3 saturated heterocycles. The molecule has 3 fully saturated rings.